The largest absolute Gasteiger partial charge is 0.394 e. The number of urea groups is 1. The van der Waals surface area contributed by atoms with E-state index >= 15 is 0 Å². The average molecular weight is 377 g/mol. The van der Waals surface area contributed by atoms with E-state index in [4.69, 9.17) is 10.5 Å². The summed E-state index contributed by atoms with van der Waals surface area (Å²) in [6, 6.07) is 8.07. The van der Waals surface area contributed by atoms with Crippen molar-refractivity contribution in [2.75, 3.05) is 6.61 Å². The molecule has 3 aliphatic rings. The van der Waals surface area contributed by atoms with Gasteiger partial charge in [0.05, 0.1) is 12.7 Å². The highest BCUT2D eigenvalue weighted by Gasteiger charge is 2.57. The number of carbonyl (C=O) groups is 2. The van der Waals surface area contributed by atoms with Crippen molar-refractivity contribution in [2.24, 2.45) is 5.73 Å². The molecule has 3 amide bonds. The number of rotatable bonds is 4. The van der Waals surface area contributed by atoms with Crippen LogP contribution in [-0.4, -0.2) is 75.5 Å². The van der Waals surface area contributed by atoms with E-state index in [1.54, 1.807) is 0 Å². The molecule has 0 aromatic heterocycles. The molecule has 146 valence electrons. The van der Waals surface area contributed by atoms with Crippen LogP contribution in [0.1, 0.15) is 12.0 Å². The molecule has 1 aromatic rings. The SMILES string of the molecule is NC1NC(=O)C2C(N1)N([C@@H]1O[C@H](CO)C[C@H]1O)C(=O)N2Cc1ccccc1. The lowest BCUT2D eigenvalue weighted by molar-refractivity contribution is -0.133. The normalized spacial score (nSPS) is 36.1. The molecule has 0 radical (unpaired) electrons. The maximum absolute atomic E-state index is 13.2. The van der Waals surface area contributed by atoms with Crippen LogP contribution < -0.4 is 16.4 Å². The number of nitrogens with two attached hydrogens (primary N) is 1. The van der Waals surface area contributed by atoms with Crippen molar-refractivity contribution in [3.8, 4) is 0 Å². The molecule has 3 aliphatic heterocycles. The number of carbonyl (C=O) groups excluding carboxylic acids is 2. The Morgan fingerprint density at radius 3 is 2.67 bits per heavy atom. The number of nitrogens with one attached hydrogen (secondary N) is 2. The smallest absolute Gasteiger partial charge is 0.324 e. The molecule has 0 bridgehead atoms. The number of aliphatic hydroxyl groups excluding tert-OH is 2. The second-order valence-corrected chi connectivity index (χ2v) is 6.98. The van der Waals surface area contributed by atoms with Gasteiger partial charge in [0.15, 0.2) is 6.23 Å². The molecular weight excluding hydrogens is 354 g/mol. The fourth-order valence-electron chi connectivity index (χ4n) is 3.94. The highest BCUT2D eigenvalue weighted by Crippen LogP contribution is 2.33. The van der Waals surface area contributed by atoms with E-state index in [9.17, 15) is 19.8 Å². The third kappa shape index (κ3) is 3.15. The van der Waals surface area contributed by atoms with Crippen LogP contribution in [-0.2, 0) is 16.1 Å². The van der Waals surface area contributed by atoms with Gasteiger partial charge < -0.3 is 25.2 Å². The quantitative estimate of drug-likeness (QED) is 0.411. The molecule has 0 saturated carbocycles. The van der Waals surface area contributed by atoms with Crippen LogP contribution >= 0.6 is 0 Å². The Morgan fingerprint density at radius 2 is 2.00 bits per heavy atom. The van der Waals surface area contributed by atoms with E-state index in [-0.39, 0.29) is 25.5 Å². The maximum atomic E-state index is 13.2. The van der Waals surface area contributed by atoms with Gasteiger partial charge in [-0.1, -0.05) is 30.3 Å². The lowest BCUT2D eigenvalue weighted by atomic mass is 10.1. The number of ether oxygens (including phenoxy) is 1. The summed E-state index contributed by atoms with van der Waals surface area (Å²) in [5.74, 6) is -0.371. The second-order valence-electron chi connectivity index (χ2n) is 6.98. The number of hydrogen-bond acceptors (Lipinski definition) is 7. The number of benzene rings is 1. The predicted octanol–water partition coefficient (Wildman–Crippen LogP) is -1.95. The van der Waals surface area contributed by atoms with Crippen LogP contribution in [0.25, 0.3) is 0 Å². The summed E-state index contributed by atoms with van der Waals surface area (Å²) in [4.78, 5) is 28.6. The molecule has 1 aromatic carbocycles. The van der Waals surface area contributed by atoms with E-state index in [0.717, 1.165) is 5.56 Å². The molecule has 0 spiro atoms. The molecule has 3 saturated heterocycles. The lowest BCUT2D eigenvalue weighted by Crippen LogP contribution is -2.71. The van der Waals surface area contributed by atoms with Crippen molar-refractivity contribution in [1.29, 1.82) is 0 Å². The number of fused-ring (bicyclic) bond motifs is 1. The molecule has 3 heterocycles. The average Bonchev–Trinajstić information content (AvgIpc) is 3.13. The van der Waals surface area contributed by atoms with E-state index in [1.807, 2.05) is 30.3 Å². The molecule has 6 N–H and O–H groups in total. The van der Waals surface area contributed by atoms with Crippen molar-refractivity contribution in [2.45, 2.75) is 49.9 Å². The first-order valence-electron chi connectivity index (χ1n) is 8.89. The summed E-state index contributed by atoms with van der Waals surface area (Å²) in [6.07, 6.45) is -3.86. The van der Waals surface area contributed by atoms with Gasteiger partial charge in [-0.05, 0) is 5.56 Å². The van der Waals surface area contributed by atoms with Crippen LogP contribution in [0.2, 0.25) is 0 Å². The zero-order valence-electron chi connectivity index (χ0n) is 14.6. The summed E-state index contributed by atoms with van der Waals surface area (Å²) in [7, 11) is 0. The molecular formula is C17H23N5O5. The first-order valence-corrected chi connectivity index (χ1v) is 8.89. The topological polar surface area (TPSA) is 140 Å². The lowest BCUT2D eigenvalue weighted by Gasteiger charge is -2.37. The van der Waals surface area contributed by atoms with Gasteiger partial charge in [-0.15, -0.1) is 0 Å². The monoisotopic (exact) mass is 377 g/mol. The molecule has 6 atom stereocenters. The van der Waals surface area contributed by atoms with Gasteiger partial charge >= 0.3 is 6.03 Å². The minimum Gasteiger partial charge on any atom is -0.394 e. The van der Waals surface area contributed by atoms with Crippen molar-refractivity contribution in [1.82, 2.24) is 20.4 Å². The Kier molecular flexibility index (Phi) is 4.74. The molecule has 4 rings (SSSR count). The predicted molar refractivity (Wildman–Crippen MR) is 92.4 cm³/mol. The van der Waals surface area contributed by atoms with Gasteiger partial charge in [-0.3, -0.25) is 20.7 Å². The summed E-state index contributed by atoms with van der Waals surface area (Å²) >= 11 is 0. The molecule has 27 heavy (non-hydrogen) atoms. The van der Waals surface area contributed by atoms with Crippen LogP contribution in [0.15, 0.2) is 30.3 Å². The zero-order valence-corrected chi connectivity index (χ0v) is 14.6. The Hall–Kier alpha value is -2.24. The van der Waals surface area contributed by atoms with Crippen molar-refractivity contribution < 1.29 is 24.5 Å². The Bertz CT molecular complexity index is 719. The van der Waals surface area contributed by atoms with E-state index in [0.29, 0.717) is 0 Å². The van der Waals surface area contributed by atoms with E-state index in [1.165, 1.54) is 9.80 Å². The van der Waals surface area contributed by atoms with Crippen LogP contribution in [0.3, 0.4) is 0 Å². The zero-order chi connectivity index (χ0) is 19.1. The highest BCUT2D eigenvalue weighted by atomic mass is 16.5. The number of nitrogens with zero attached hydrogens (tertiary/aromatic N) is 2. The Morgan fingerprint density at radius 1 is 1.26 bits per heavy atom. The van der Waals surface area contributed by atoms with Gasteiger partial charge in [-0.2, -0.15) is 0 Å². The first kappa shape index (κ1) is 18.1. The van der Waals surface area contributed by atoms with Crippen LogP contribution in [0, 0.1) is 0 Å². The summed E-state index contributed by atoms with van der Waals surface area (Å²) in [6.45, 7) is -0.0290. The Labute approximate surface area is 155 Å². The van der Waals surface area contributed by atoms with Gasteiger partial charge in [0.2, 0.25) is 5.91 Å². The summed E-state index contributed by atoms with van der Waals surface area (Å²) < 4.78 is 5.66. The van der Waals surface area contributed by atoms with Gasteiger partial charge in [-0.25, -0.2) is 4.79 Å². The van der Waals surface area contributed by atoms with Gasteiger partial charge in [0.1, 0.15) is 24.6 Å². The van der Waals surface area contributed by atoms with Gasteiger partial charge in [0.25, 0.3) is 0 Å². The van der Waals surface area contributed by atoms with E-state index in [2.05, 4.69) is 10.6 Å². The maximum Gasteiger partial charge on any atom is 0.324 e. The molecule has 10 nitrogen and oxygen atoms in total. The second kappa shape index (κ2) is 7.06. The van der Waals surface area contributed by atoms with E-state index < -0.39 is 43.0 Å². The molecule has 0 aliphatic carbocycles. The third-order valence-corrected chi connectivity index (χ3v) is 5.16. The fourth-order valence-corrected chi connectivity index (χ4v) is 3.94. The number of amides is 3. The molecule has 10 heteroatoms. The molecule has 3 unspecified atom stereocenters. The molecule has 3 fully saturated rings. The fraction of sp³-hybridized carbons (Fsp3) is 0.529. The summed E-state index contributed by atoms with van der Waals surface area (Å²) in [5, 5.41) is 25.3. The number of aliphatic hydroxyl groups is 2. The van der Waals surface area contributed by atoms with Gasteiger partial charge in [0, 0.05) is 13.0 Å². The minimum atomic E-state index is -0.966. The van der Waals surface area contributed by atoms with Crippen molar-refractivity contribution in [3.05, 3.63) is 35.9 Å². The standard InChI is InChI=1S/C17H23N5O5/c18-16-19-13-12(14(25)20-16)21(7-9-4-2-1-3-5-9)17(26)22(13)15-11(24)6-10(8-23)27-15/h1-5,10-13,15-16,19,23-24H,6-8,18H2,(H,20,25)/t10-,11+,12?,13?,15+,16?/m0/s1. The number of hydrogen-bond donors (Lipinski definition) is 5. The third-order valence-electron chi connectivity index (χ3n) is 5.16. The van der Waals surface area contributed by atoms with Crippen LogP contribution in [0.4, 0.5) is 4.79 Å². The first-order chi connectivity index (χ1) is 13.0. The Balaban J connectivity index is 1.65. The van der Waals surface area contributed by atoms with Crippen molar-refractivity contribution in [3.63, 3.8) is 0 Å². The van der Waals surface area contributed by atoms with Crippen LogP contribution in [0.5, 0.6) is 0 Å². The highest BCUT2D eigenvalue weighted by molar-refractivity contribution is 5.92. The summed E-state index contributed by atoms with van der Waals surface area (Å²) in [5.41, 5.74) is 6.70. The minimum absolute atomic E-state index is 0.208. The van der Waals surface area contributed by atoms with Crippen molar-refractivity contribution >= 4 is 11.9 Å².